The van der Waals surface area contributed by atoms with E-state index >= 15 is 0 Å². The van der Waals surface area contributed by atoms with Gasteiger partial charge in [-0.3, -0.25) is 0 Å². The summed E-state index contributed by atoms with van der Waals surface area (Å²) in [4.78, 5) is 19.0. The lowest BCUT2D eigenvalue weighted by Gasteiger charge is -2.02. The van der Waals surface area contributed by atoms with Gasteiger partial charge in [0.05, 0.1) is 12.8 Å². The molecule has 0 atom stereocenters. The number of halogens is 1. The summed E-state index contributed by atoms with van der Waals surface area (Å²) in [6.07, 6.45) is 1.43. The second kappa shape index (κ2) is 4.69. The van der Waals surface area contributed by atoms with Crippen molar-refractivity contribution in [2.75, 3.05) is 7.11 Å². The van der Waals surface area contributed by atoms with Crippen LogP contribution in [0, 0.1) is 5.82 Å². The molecule has 0 unspecified atom stereocenters. The number of nitrogens with zero attached hydrogens (tertiary/aromatic N) is 2. The first-order valence-corrected chi connectivity index (χ1v) is 4.88. The van der Waals surface area contributed by atoms with Gasteiger partial charge < -0.3 is 4.74 Å². The Morgan fingerprint density at radius 2 is 2.18 bits per heavy atom. The molecule has 1 aromatic carbocycles. The molecule has 0 saturated heterocycles. The van der Waals surface area contributed by atoms with Crippen molar-refractivity contribution in [3.63, 3.8) is 0 Å². The van der Waals surface area contributed by atoms with Gasteiger partial charge in [0.15, 0.2) is 0 Å². The summed E-state index contributed by atoms with van der Waals surface area (Å²) in [6.45, 7) is 0. The molecule has 5 heteroatoms. The highest BCUT2D eigenvalue weighted by Gasteiger charge is 2.10. The third kappa shape index (κ3) is 2.44. The molecule has 0 aliphatic carbocycles. The predicted molar refractivity (Wildman–Crippen MR) is 58.8 cm³/mol. The fourth-order valence-electron chi connectivity index (χ4n) is 1.36. The van der Waals surface area contributed by atoms with E-state index in [2.05, 4.69) is 14.7 Å². The topological polar surface area (TPSA) is 52.1 Å². The maximum Gasteiger partial charge on any atom is 0.376 e. The summed E-state index contributed by atoms with van der Waals surface area (Å²) < 4.78 is 17.6. The van der Waals surface area contributed by atoms with Crippen LogP contribution in [-0.2, 0) is 4.74 Å². The number of ether oxygens (including phenoxy) is 1. The van der Waals surface area contributed by atoms with E-state index in [4.69, 9.17) is 0 Å². The van der Waals surface area contributed by atoms with Crippen LogP contribution in [-0.4, -0.2) is 23.0 Å². The summed E-state index contributed by atoms with van der Waals surface area (Å²) in [5.74, 6) is -1.03. The van der Waals surface area contributed by atoms with Gasteiger partial charge >= 0.3 is 5.97 Å². The molecular formula is C12H9FN2O2. The second-order valence-electron chi connectivity index (χ2n) is 3.27. The fraction of sp³-hybridized carbons (Fsp3) is 0.0833. The van der Waals surface area contributed by atoms with Gasteiger partial charge in [-0.2, -0.15) is 0 Å². The van der Waals surface area contributed by atoms with E-state index in [0.29, 0.717) is 11.3 Å². The molecule has 0 fully saturated rings. The van der Waals surface area contributed by atoms with Crippen molar-refractivity contribution in [3.8, 4) is 11.3 Å². The molecule has 0 N–H and O–H groups in total. The monoisotopic (exact) mass is 232 g/mol. The zero-order valence-corrected chi connectivity index (χ0v) is 9.05. The molecule has 4 nitrogen and oxygen atoms in total. The highest BCUT2D eigenvalue weighted by molar-refractivity contribution is 5.85. The number of carbonyl (C=O) groups is 1. The average molecular weight is 232 g/mol. The van der Waals surface area contributed by atoms with E-state index in [-0.39, 0.29) is 11.6 Å². The van der Waals surface area contributed by atoms with Crippen molar-refractivity contribution >= 4 is 5.97 Å². The van der Waals surface area contributed by atoms with Gasteiger partial charge in [0.1, 0.15) is 5.82 Å². The number of benzene rings is 1. The van der Waals surface area contributed by atoms with E-state index in [9.17, 15) is 9.18 Å². The Kier molecular flexibility index (Phi) is 3.09. The van der Waals surface area contributed by atoms with Crippen molar-refractivity contribution in [1.29, 1.82) is 0 Å². The van der Waals surface area contributed by atoms with Crippen LogP contribution in [0.5, 0.6) is 0 Å². The number of aromatic nitrogens is 2. The molecule has 0 saturated carbocycles. The average Bonchev–Trinajstić information content (AvgIpc) is 2.38. The molecule has 0 bridgehead atoms. The third-order valence-corrected chi connectivity index (χ3v) is 2.14. The zero-order valence-electron chi connectivity index (χ0n) is 9.05. The van der Waals surface area contributed by atoms with Crippen LogP contribution in [0.25, 0.3) is 11.3 Å². The first-order valence-electron chi connectivity index (χ1n) is 4.88. The maximum atomic E-state index is 13.0. The van der Waals surface area contributed by atoms with Crippen molar-refractivity contribution in [2.24, 2.45) is 0 Å². The predicted octanol–water partition coefficient (Wildman–Crippen LogP) is 2.07. The zero-order chi connectivity index (χ0) is 12.3. The molecule has 1 aromatic heterocycles. The maximum absolute atomic E-state index is 13.0. The van der Waals surface area contributed by atoms with Crippen LogP contribution in [0.15, 0.2) is 36.5 Å². The molecule has 2 rings (SSSR count). The Balaban J connectivity index is 2.43. The van der Waals surface area contributed by atoms with Crippen LogP contribution in [0.4, 0.5) is 4.39 Å². The molecule has 0 radical (unpaired) electrons. The molecule has 2 aromatic rings. The fourth-order valence-corrected chi connectivity index (χ4v) is 1.36. The van der Waals surface area contributed by atoms with E-state index in [1.807, 2.05) is 0 Å². The lowest BCUT2D eigenvalue weighted by molar-refractivity contribution is 0.0587. The molecule has 0 aliphatic rings. The molecule has 1 heterocycles. The smallest absolute Gasteiger partial charge is 0.376 e. The Morgan fingerprint density at radius 3 is 2.88 bits per heavy atom. The summed E-state index contributed by atoms with van der Waals surface area (Å²) in [7, 11) is 1.25. The van der Waals surface area contributed by atoms with Crippen molar-refractivity contribution in [2.45, 2.75) is 0 Å². The molecule has 0 amide bonds. The number of carbonyl (C=O) groups excluding carboxylic acids is 1. The van der Waals surface area contributed by atoms with Gasteiger partial charge in [-0.15, -0.1) is 0 Å². The standard InChI is InChI=1S/C12H9FN2O2/c1-17-12(16)11-14-6-5-10(15-11)8-3-2-4-9(13)7-8/h2-7H,1H3. The van der Waals surface area contributed by atoms with Crippen LogP contribution in [0.3, 0.4) is 0 Å². The minimum Gasteiger partial charge on any atom is -0.463 e. The Bertz CT molecular complexity index is 558. The number of hydrogen-bond donors (Lipinski definition) is 0. The summed E-state index contributed by atoms with van der Waals surface area (Å²) in [6, 6.07) is 7.55. The van der Waals surface area contributed by atoms with E-state index in [1.165, 1.54) is 25.4 Å². The number of hydrogen-bond acceptors (Lipinski definition) is 4. The molecule has 0 aliphatic heterocycles. The van der Waals surface area contributed by atoms with Gasteiger partial charge in [-0.1, -0.05) is 12.1 Å². The molecule has 0 spiro atoms. The minimum atomic E-state index is -0.622. The van der Waals surface area contributed by atoms with Crippen molar-refractivity contribution in [3.05, 3.63) is 48.2 Å². The summed E-state index contributed by atoms with van der Waals surface area (Å²) in [5.41, 5.74) is 1.05. The minimum absolute atomic E-state index is 0.0470. The number of esters is 1. The van der Waals surface area contributed by atoms with Gasteiger partial charge in [0, 0.05) is 11.8 Å². The lowest BCUT2D eigenvalue weighted by Crippen LogP contribution is -2.07. The van der Waals surface area contributed by atoms with Gasteiger partial charge in [-0.05, 0) is 18.2 Å². The van der Waals surface area contributed by atoms with Crippen LogP contribution < -0.4 is 0 Å². The first-order chi connectivity index (χ1) is 8.20. The Labute approximate surface area is 97.1 Å². The second-order valence-corrected chi connectivity index (χ2v) is 3.27. The van der Waals surface area contributed by atoms with Gasteiger partial charge in [0.25, 0.3) is 0 Å². The van der Waals surface area contributed by atoms with Crippen molar-refractivity contribution in [1.82, 2.24) is 9.97 Å². The summed E-state index contributed by atoms with van der Waals surface area (Å²) >= 11 is 0. The molecule has 86 valence electrons. The lowest BCUT2D eigenvalue weighted by atomic mass is 10.1. The number of rotatable bonds is 2. The van der Waals surface area contributed by atoms with Crippen molar-refractivity contribution < 1.29 is 13.9 Å². The Hall–Kier alpha value is -2.30. The Morgan fingerprint density at radius 1 is 1.35 bits per heavy atom. The molecular weight excluding hydrogens is 223 g/mol. The largest absolute Gasteiger partial charge is 0.463 e. The van der Waals surface area contributed by atoms with Crippen LogP contribution in [0.2, 0.25) is 0 Å². The summed E-state index contributed by atoms with van der Waals surface area (Å²) in [5, 5.41) is 0. The number of methoxy groups -OCH3 is 1. The SMILES string of the molecule is COC(=O)c1nccc(-c2cccc(F)c2)n1. The highest BCUT2D eigenvalue weighted by atomic mass is 19.1. The highest BCUT2D eigenvalue weighted by Crippen LogP contribution is 2.17. The van der Waals surface area contributed by atoms with Crippen LogP contribution in [0.1, 0.15) is 10.6 Å². The van der Waals surface area contributed by atoms with Gasteiger partial charge in [-0.25, -0.2) is 19.2 Å². The van der Waals surface area contributed by atoms with E-state index in [1.54, 1.807) is 18.2 Å². The normalized spacial score (nSPS) is 10.0. The van der Waals surface area contributed by atoms with Gasteiger partial charge in [0.2, 0.25) is 5.82 Å². The van der Waals surface area contributed by atoms with E-state index in [0.717, 1.165) is 0 Å². The van der Waals surface area contributed by atoms with E-state index < -0.39 is 5.97 Å². The quantitative estimate of drug-likeness (QED) is 0.744. The third-order valence-electron chi connectivity index (χ3n) is 2.14. The first kappa shape index (κ1) is 11.2. The van der Waals surface area contributed by atoms with Crippen LogP contribution >= 0.6 is 0 Å². The molecule has 17 heavy (non-hydrogen) atoms.